The molecule has 1 atom stereocenters. The van der Waals surface area contributed by atoms with Gasteiger partial charge in [0.1, 0.15) is 11.6 Å². The van der Waals surface area contributed by atoms with Gasteiger partial charge in [-0.25, -0.2) is 8.78 Å². The normalized spacial score (nSPS) is 12.5. The van der Waals surface area contributed by atoms with E-state index in [1.165, 1.54) is 12.1 Å². The van der Waals surface area contributed by atoms with Gasteiger partial charge in [-0.15, -0.1) is 0 Å². The average molecular weight is 247 g/mol. The second-order valence-corrected chi connectivity index (χ2v) is 4.48. The molecule has 1 nitrogen and oxygen atoms in total. The van der Waals surface area contributed by atoms with E-state index in [1.54, 1.807) is 19.1 Å². The summed E-state index contributed by atoms with van der Waals surface area (Å²) in [6.07, 6.45) is 0. The molecule has 18 heavy (non-hydrogen) atoms. The third-order valence-corrected chi connectivity index (χ3v) is 3.07. The smallest absolute Gasteiger partial charge is 0.134 e. The maximum absolute atomic E-state index is 14.0. The molecule has 0 amide bonds. The van der Waals surface area contributed by atoms with Gasteiger partial charge in [0.2, 0.25) is 0 Å². The lowest BCUT2D eigenvalue weighted by Gasteiger charge is -2.15. The molecule has 0 aliphatic carbocycles. The van der Waals surface area contributed by atoms with Crippen molar-refractivity contribution in [3.63, 3.8) is 0 Å². The van der Waals surface area contributed by atoms with Crippen LogP contribution in [0, 0.1) is 25.5 Å². The number of aryl methyl sites for hydroxylation is 2. The van der Waals surface area contributed by atoms with Crippen LogP contribution in [0.5, 0.6) is 0 Å². The Labute approximate surface area is 105 Å². The summed E-state index contributed by atoms with van der Waals surface area (Å²) in [5, 5.41) is 0. The van der Waals surface area contributed by atoms with Crippen LogP contribution in [-0.4, -0.2) is 0 Å². The molecular formula is C15H15F2N. The largest absolute Gasteiger partial charge is 0.320 e. The summed E-state index contributed by atoms with van der Waals surface area (Å²) in [5.41, 5.74) is 8.06. The maximum Gasteiger partial charge on any atom is 0.134 e. The van der Waals surface area contributed by atoms with E-state index in [4.69, 9.17) is 5.73 Å². The van der Waals surface area contributed by atoms with E-state index in [0.717, 1.165) is 5.56 Å². The minimum absolute atomic E-state index is 0.0705. The molecular weight excluding hydrogens is 232 g/mol. The highest BCUT2D eigenvalue weighted by Crippen LogP contribution is 2.26. The Morgan fingerprint density at radius 1 is 0.944 bits per heavy atom. The summed E-state index contributed by atoms with van der Waals surface area (Å²) < 4.78 is 27.7. The van der Waals surface area contributed by atoms with Crippen LogP contribution in [0.2, 0.25) is 0 Å². The Morgan fingerprint density at radius 2 is 1.56 bits per heavy atom. The van der Waals surface area contributed by atoms with Crippen molar-refractivity contribution in [2.75, 3.05) is 0 Å². The zero-order valence-corrected chi connectivity index (χ0v) is 10.4. The standard InChI is InChI=1S/C15H15F2N/c1-9-3-6-11(7-4-9)15(18)13-12(16)8-5-10(2)14(13)17/h3-8,15H,18H2,1-2H3. The topological polar surface area (TPSA) is 26.0 Å². The van der Waals surface area contributed by atoms with Crippen LogP contribution in [-0.2, 0) is 0 Å². The minimum Gasteiger partial charge on any atom is -0.320 e. The first-order chi connectivity index (χ1) is 8.50. The predicted molar refractivity (Wildman–Crippen MR) is 68.3 cm³/mol. The SMILES string of the molecule is Cc1ccc(C(N)c2c(F)ccc(C)c2F)cc1. The van der Waals surface area contributed by atoms with Crippen LogP contribution in [0.15, 0.2) is 36.4 Å². The first-order valence-corrected chi connectivity index (χ1v) is 5.77. The highest BCUT2D eigenvalue weighted by Gasteiger charge is 2.19. The second kappa shape index (κ2) is 4.86. The number of halogens is 2. The van der Waals surface area contributed by atoms with Crippen LogP contribution in [0.25, 0.3) is 0 Å². The van der Waals surface area contributed by atoms with Crippen molar-refractivity contribution >= 4 is 0 Å². The summed E-state index contributed by atoms with van der Waals surface area (Å²) in [6.45, 7) is 3.54. The van der Waals surface area contributed by atoms with E-state index in [9.17, 15) is 8.78 Å². The Kier molecular flexibility index (Phi) is 3.43. The van der Waals surface area contributed by atoms with Gasteiger partial charge in [0.05, 0.1) is 6.04 Å². The van der Waals surface area contributed by atoms with Crippen LogP contribution >= 0.6 is 0 Å². The van der Waals surface area contributed by atoms with Crippen molar-refractivity contribution in [1.29, 1.82) is 0 Å². The van der Waals surface area contributed by atoms with Gasteiger partial charge in [0.25, 0.3) is 0 Å². The van der Waals surface area contributed by atoms with E-state index in [-0.39, 0.29) is 5.56 Å². The van der Waals surface area contributed by atoms with Crippen LogP contribution in [0.4, 0.5) is 8.78 Å². The minimum atomic E-state index is -0.787. The van der Waals surface area contributed by atoms with Crippen LogP contribution < -0.4 is 5.73 Å². The molecule has 2 rings (SSSR count). The second-order valence-electron chi connectivity index (χ2n) is 4.48. The fourth-order valence-electron chi connectivity index (χ4n) is 1.90. The fourth-order valence-corrected chi connectivity index (χ4v) is 1.90. The molecule has 0 aliphatic heterocycles. The summed E-state index contributed by atoms with van der Waals surface area (Å²) in [4.78, 5) is 0. The summed E-state index contributed by atoms with van der Waals surface area (Å²) in [6, 6.07) is 9.22. The van der Waals surface area contributed by atoms with Crippen molar-refractivity contribution in [3.05, 3.63) is 70.3 Å². The molecule has 2 aromatic carbocycles. The summed E-state index contributed by atoms with van der Waals surface area (Å²) in [5.74, 6) is -1.17. The molecule has 0 aliphatic rings. The zero-order valence-electron chi connectivity index (χ0n) is 10.4. The molecule has 0 radical (unpaired) electrons. The molecule has 0 bridgehead atoms. The van der Waals surface area contributed by atoms with Crippen molar-refractivity contribution in [1.82, 2.24) is 0 Å². The average Bonchev–Trinajstić information content (AvgIpc) is 2.35. The van der Waals surface area contributed by atoms with E-state index in [1.807, 2.05) is 19.1 Å². The Morgan fingerprint density at radius 3 is 2.17 bits per heavy atom. The number of nitrogens with two attached hydrogens (primary N) is 1. The lowest BCUT2D eigenvalue weighted by Crippen LogP contribution is -2.16. The van der Waals surface area contributed by atoms with Gasteiger partial charge in [-0.05, 0) is 31.0 Å². The van der Waals surface area contributed by atoms with Crippen molar-refractivity contribution in [3.8, 4) is 0 Å². The Balaban J connectivity index is 2.49. The molecule has 2 N–H and O–H groups in total. The predicted octanol–water partition coefficient (Wildman–Crippen LogP) is 3.63. The number of rotatable bonds is 2. The van der Waals surface area contributed by atoms with Gasteiger partial charge in [-0.1, -0.05) is 35.9 Å². The highest BCUT2D eigenvalue weighted by atomic mass is 19.1. The molecule has 1 unspecified atom stereocenters. The van der Waals surface area contributed by atoms with E-state index in [2.05, 4.69) is 0 Å². The van der Waals surface area contributed by atoms with Crippen molar-refractivity contribution in [2.45, 2.75) is 19.9 Å². The fraction of sp³-hybridized carbons (Fsp3) is 0.200. The van der Waals surface area contributed by atoms with E-state index >= 15 is 0 Å². The number of benzene rings is 2. The summed E-state index contributed by atoms with van der Waals surface area (Å²) in [7, 11) is 0. The van der Waals surface area contributed by atoms with Crippen molar-refractivity contribution < 1.29 is 8.78 Å². The molecule has 0 heterocycles. The van der Waals surface area contributed by atoms with Crippen LogP contribution in [0.1, 0.15) is 28.3 Å². The third-order valence-electron chi connectivity index (χ3n) is 3.07. The molecule has 0 aromatic heterocycles. The van der Waals surface area contributed by atoms with Gasteiger partial charge in [-0.2, -0.15) is 0 Å². The lowest BCUT2D eigenvalue weighted by atomic mass is 9.96. The Bertz CT molecular complexity index is 561. The molecule has 94 valence electrons. The molecule has 3 heteroatoms. The molecule has 0 saturated carbocycles. The maximum atomic E-state index is 14.0. The van der Waals surface area contributed by atoms with Gasteiger partial charge >= 0.3 is 0 Å². The zero-order chi connectivity index (χ0) is 13.3. The monoisotopic (exact) mass is 247 g/mol. The molecule has 2 aromatic rings. The quantitative estimate of drug-likeness (QED) is 0.861. The lowest BCUT2D eigenvalue weighted by molar-refractivity contribution is 0.538. The molecule has 0 fully saturated rings. The first-order valence-electron chi connectivity index (χ1n) is 5.77. The number of hydrogen-bond acceptors (Lipinski definition) is 1. The third kappa shape index (κ3) is 2.27. The Hall–Kier alpha value is -1.74. The first kappa shape index (κ1) is 12.7. The number of hydrogen-bond donors (Lipinski definition) is 1. The van der Waals surface area contributed by atoms with Gasteiger partial charge in [-0.3, -0.25) is 0 Å². The van der Waals surface area contributed by atoms with Gasteiger partial charge in [0.15, 0.2) is 0 Å². The van der Waals surface area contributed by atoms with Crippen LogP contribution in [0.3, 0.4) is 0 Å². The molecule has 0 spiro atoms. The van der Waals surface area contributed by atoms with E-state index < -0.39 is 17.7 Å². The van der Waals surface area contributed by atoms with E-state index in [0.29, 0.717) is 11.1 Å². The summed E-state index contributed by atoms with van der Waals surface area (Å²) >= 11 is 0. The van der Waals surface area contributed by atoms with Gasteiger partial charge < -0.3 is 5.73 Å². The van der Waals surface area contributed by atoms with Crippen molar-refractivity contribution in [2.24, 2.45) is 5.73 Å². The van der Waals surface area contributed by atoms with Gasteiger partial charge in [0, 0.05) is 5.56 Å². The molecule has 0 saturated heterocycles. The highest BCUT2D eigenvalue weighted by molar-refractivity contribution is 5.36.